The minimum atomic E-state index is -1.29. The standard InChI is InChI=1S/C23H24ClFN4O5/c1-32-19-13-18-15(12-20(19)34-8-2-5-29-6-9-33-10-7-29)21(28-22(27-18)23(30)31)26-14-3-4-17(25)16(24)11-14/h3-4,11-13H,2,5-10H2,1H3,(H,30,31)(H,26,27,28). The van der Waals surface area contributed by atoms with Gasteiger partial charge in [-0.15, -0.1) is 0 Å². The van der Waals surface area contributed by atoms with Crippen molar-refractivity contribution < 1.29 is 28.5 Å². The minimum absolute atomic E-state index is 0.0761. The number of halogens is 2. The molecule has 0 unspecified atom stereocenters. The molecule has 2 N–H and O–H groups in total. The van der Waals surface area contributed by atoms with Gasteiger partial charge in [0.25, 0.3) is 0 Å². The first-order chi connectivity index (χ1) is 16.4. The van der Waals surface area contributed by atoms with Crippen molar-refractivity contribution in [1.29, 1.82) is 0 Å². The molecule has 0 spiro atoms. The van der Waals surface area contributed by atoms with Gasteiger partial charge in [0.05, 0.1) is 37.5 Å². The maximum atomic E-state index is 13.6. The number of rotatable bonds is 9. The molecule has 1 aliphatic heterocycles. The smallest absolute Gasteiger partial charge is 0.374 e. The van der Waals surface area contributed by atoms with Crippen LogP contribution in [0.1, 0.15) is 17.0 Å². The summed E-state index contributed by atoms with van der Waals surface area (Å²) in [5.41, 5.74) is 0.784. The van der Waals surface area contributed by atoms with Gasteiger partial charge < -0.3 is 24.6 Å². The maximum Gasteiger partial charge on any atom is 0.374 e. The number of carboxylic acids is 1. The van der Waals surface area contributed by atoms with Crippen LogP contribution < -0.4 is 14.8 Å². The Labute approximate surface area is 200 Å². The molecule has 0 amide bonds. The van der Waals surface area contributed by atoms with Gasteiger partial charge in [-0.25, -0.2) is 19.2 Å². The van der Waals surface area contributed by atoms with Crippen LogP contribution in [0.2, 0.25) is 5.02 Å². The molecule has 1 saturated heterocycles. The second kappa shape index (κ2) is 10.8. The third-order valence-corrected chi connectivity index (χ3v) is 5.62. The van der Waals surface area contributed by atoms with Gasteiger partial charge in [-0.05, 0) is 30.7 Å². The van der Waals surface area contributed by atoms with E-state index >= 15 is 0 Å². The highest BCUT2D eigenvalue weighted by molar-refractivity contribution is 6.31. The molecule has 2 aromatic carbocycles. The van der Waals surface area contributed by atoms with Crippen LogP contribution in [0.15, 0.2) is 30.3 Å². The minimum Gasteiger partial charge on any atom is -0.493 e. The second-order valence-corrected chi connectivity index (χ2v) is 8.04. The molecule has 9 nitrogen and oxygen atoms in total. The number of benzene rings is 2. The van der Waals surface area contributed by atoms with Gasteiger partial charge in [0.2, 0.25) is 5.82 Å². The van der Waals surface area contributed by atoms with E-state index in [9.17, 15) is 14.3 Å². The Kier molecular flexibility index (Phi) is 7.61. The molecule has 2 heterocycles. The van der Waals surface area contributed by atoms with E-state index in [-0.39, 0.29) is 10.8 Å². The highest BCUT2D eigenvalue weighted by atomic mass is 35.5. The van der Waals surface area contributed by atoms with Crippen LogP contribution in [0.5, 0.6) is 11.5 Å². The fraction of sp³-hybridized carbons (Fsp3) is 0.348. The van der Waals surface area contributed by atoms with E-state index in [1.54, 1.807) is 12.1 Å². The van der Waals surface area contributed by atoms with E-state index in [2.05, 4.69) is 20.2 Å². The summed E-state index contributed by atoms with van der Waals surface area (Å²) in [6.07, 6.45) is 0.814. The van der Waals surface area contributed by atoms with Gasteiger partial charge >= 0.3 is 5.97 Å². The number of aromatic carboxylic acids is 1. The number of methoxy groups -OCH3 is 1. The molecular weight excluding hydrogens is 467 g/mol. The SMILES string of the molecule is COc1cc2nc(C(=O)O)nc(Nc3ccc(F)c(Cl)c3)c2cc1OCCCN1CCOCC1. The fourth-order valence-electron chi connectivity index (χ4n) is 3.61. The molecule has 0 bridgehead atoms. The summed E-state index contributed by atoms with van der Waals surface area (Å²) in [5, 5.41) is 12.9. The number of nitrogens with zero attached hydrogens (tertiary/aromatic N) is 3. The number of ether oxygens (including phenoxy) is 3. The molecule has 34 heavy (non-hydrogen) atoms. The van der Waals surface area contributed by atoms with Gasteiger partial charge in [-0.2, -0.15) is 0 Å². The molecular formula is C23H24ClFN4O5. The zero-order valence-corrected chi connectivity index (χ0v) is 19.3. The maximum absolute atomic E-state index is 13.6. The quantitative estimate of drug-likeness (QED) is 0.431. The van der Waals surface area contributed by atoms with Crippen molar-refractivity contribution in [3.63, 3.8) is 0 Å². The monoisotopic (exact) mass is 490 g/mol. The van der Waals surface area contributed by atoms with Gasteiger partial charge in [-0.3, -0.25) is 4.90 Å². The lowest BCUT2D eigenvalue weighted by Crippen LogP contribution is -2.37. The van der Waals surface area contributed by atoms with Crippen molar-refractivity contribution in [2.24, 2.45) is 0 Å². The summed E-state index contributed by atoms with van der Waals surface area (Å²) in [6.45, 7) is 4.65. The molecule has 0 aliphatic carbocycles. The zero-order valence-electron chi connectivity index (χ0n) is 18.5. The number of hydrogen-bond donors (Lipinski definition) is 2. The topological polar surface area (TPSA) is 106 Å². The number of anilines is 2. The average molecular weight is 491 g/mol. The van der Waals surface area contributed by atoms with Crippen LogP contribution in [-0.2, 0) is 4.74 Å². The molecule has 11 heteroatoms. The molecule has 180 valence electrons. The van der Waals surface area contributed by atoms with E-state index in [0.29, 0.717) is 34.7 Å². The van der Waals surface area contributed by atoms with Crippen LogP contribution >= 0.6 is 11.6 Å². The third-order valence-electron chi connectivity index (χ3n) is 5.33. The normalized spacial score (nSPS) is 14.2. The Hall–Kier alpha value is -3.21. The first-order valence-corrected chi connectivity index (χ1v) is 11.1. The number of fused-ring (bicyclic) bond motifs is 1. The third kappa shape index (κ3) is 5.64. The summed E-state index contributed by atoms with van der Waals surface area (Å²) >= 11 is 5.88. The van der Waals surface area contributed by atoms with Crippen molar-refractivity contribution in [2.75, 3.05) is 51.9 Å². The Bertz CT molecular complexity index is 1190. The van der Waals surface area contributed by atoms with Crippen molar-refractivity contribution in [2.45, 2.75) is 6.42 Å². The predicted octanol–water partition coefficient (Wildman–Crippen LogP) is 3.97. The number of aromatic nitrogens is 2. The zero-order chi connectivity index (χ0) is 24.1. The van der Waals surface area contributed by atoms with Crippen molar-refractivity contribution in [3.8, 4) is 11.5 Å². The van der Waals surface area contributed by atoms with E-state index in [4.69, 9.17) is 25.8 Å². The number of hydrogen-bond acceptors (Lipinski definition) is 8. The first kappa shape index (κ1) is 23.9. The number of morpholine rings is 1. The van der Waals surface area contributed by atoms with Crippen LogP contribution in [-0.4, -0.2) is 72.5 Å². The van der Waals surface area contributed by atoms with Crippen LogP contribution in [0.25, 0.3) is 10.9 Å². The van der Waals surface area contributed by atoms with Crippen LogP contribution in [0.4, 0.5) is 15.9 Å². The summed E-state index contributed by atoms with van der Waals surface area (Å²) in [5.74, 6) is -1.14. The molecule has 4 rings (SSSR count). The summed E-state index contributed by atoms with van der Waals surface area (Å²) in [7, 11) is 1.50. The van der Waals surface area contributed by atoms with E-state index in [1.807, 2.05) is 0 Å². The Balaban J connectivity index is 1.61. The van der Waals surface area contributed by atoms with Crippen LogP contribution in [0.3, 0.4) is 0 Å². The Morgan fingerprint density at radius 1 is 1.24 bits per heavy atom. The second-order valence-electron chi connectivity index (χ2n) is 7.63. The Morgan fingerprint density at radius 3 is 2.74 bits per heavy atom. The first-order valence-electron chi connectivity index (χ1n) is 10.7. The lowest BCUT2D eigenvalue weighted by Gasteiger charge is -2.26. The fourth-order valence-corrected chi connectivity index (χ4v) is 3.79. The highest BCUT2D eigenvalue weighted by Gasteiger charge is 2.18. The predicted molar refractivity (Wildman–Crippen MR) is 125 cm³/mol. The largest absolute Gasteiger partial charge is 0.493 e. The molecule has 1 fully saturated rings. The van der Waals surface area contributed by atoms with Gasteiger partial charge in [0, 0.05) is 36.8 Å². The molecule has 0 radical (unpaired) electrons. The lowest BCUT2D eigenvalue weighted by molar-refractivity contribution is 0.0357. The summed E-state index contributed by atoms with van der Waals surface area (Å²) in [4.78, 5) is 22.2. The summed E-state index contributed by atoms with van der Waals surface area (Å²) < 4.78 is 30.4. The number of nitrogens with one attached hydrogen (secondary N) is 1. The van der Waals surface area contributed by atoms with E-state index in [0.717, 1.165) is 39.3 Å². The Morgan fingerprint density at radius 2 is 2.03 bits per heavy atom. The van der Waals surface area contributed by atoms with Crippen LogP contribution in [0, 0.1) is 5.82 Å². The van der Waals surface area contributed by atoms with Gasteiger partial charge in [-0.1, -0.05) is 11.6 Å². The van der Waals surface area contributed by atoms with Gasteiger partial charge in [0.1, 0.15) is 11.6 Å². The highest BCUT2D eigenvalue weighted by Crippen LogP contribution is 2.35. The summed E-state index contributed by atoms with van der Waals surface area (Å²) in [6, 6.07) is 7.36. The van der Waals surface area contributed by atoms with Gasteiger partial charge in [0.15, 0.2) is 11.5 Å². The molecule has 1 aromatic heterocycles. The molecule has 0 atom stereocenters. The average Bonchev–Trinajstić information content (AvgIpc) is 2.84. The molecule has 0 saturated carbocycles. The number of carboxylic acid groups (broad SMARTS) is 1. The van der Waals surface area contributed by atoms with E-state index in [1.165, 1.54) is 25.3 Å². The number of carbonyl (C=O) groups is 1. The molecule has 1 aliphatic rings. The van der Waals surface area contributed by atoms with Crippen molar-refractivity contribution >= 4 is 40.0 Å². The molecule has 3 aromatic rings. The lowest BCUT2D eigenvalue weighted by atomic mass is 10.2. The van der Waals surface area contributed by atoms with E-state index < -0.39 is 17.6 Å². The van der Waals surface area contributed by atoms with Crippen molar-refractivity contribution in [3.05, 3.63) is 47.0 Å². The van der Waals surface area contributed by atoms with Crippen molar-refractivity contribution in [1.82, 2.24) is 14.9 Å².